The molecule has 0 saturated carbocycles. The molecule has 0 saturated heterocycles. The van der Waals surface area contributed by atoms with Gasteiger partial charge in [0.15, 0.2) is 0 Å². The number of fused-ring (bicyclic) bond motifs is 5. The lowest BCUT2D eigenvalue weighted by atomic mass is 9.87. The van der Waals surface area contributed by atoms with Gasteiger partial charge >= 0.3 is 0 Å². The maximum Gasteiger partial charge on any atom is -0.00165 e. The third-order valence-electron chi connectivity index (χ3n) is 8.84. The zero-order chi connectivity index (χ0) is 30.6. The Labute approximate surface area is 261 Å². The summed E-state index contributed by atoms with van der Waals surface area (Å²) in [5.74, 6) is 2.25. The molecule has 43 heavy (non-hydrogen) atoms. The Balaban J connectivity index is 0.000000286. The van der Waals surface area contributed by atoms with Crippen molar-refractivity contribution in [2.75, 3.05) is 0 Å². The summed E-state index contributed by atoms with van der Waals surface area (Å²) in [5, 5.41) is 5.51. The second kappa shape index (κ2) is 14.4. The Hall–Kier alpha value is -4.08. The molecule has 0 unspecified atom stereocenters. The normalized spacial score (nSPS) is 14.5. The van der Waals surface area contributed by atoms with Crippen LogP contribution in [0.4, 0.5) is 0 Å². The minimum Gasteiger partial charge on any atom is -0.120 e. The molecule has 0 N–H and O–H groups in total. The van der Waals surface area contributed by atoms with Crippen molar-refractivity contribution < 1.29 is 0 Å². The predicted molar refractivity (Wildman–Crippen MR) is 196 cm³/mol. The Kier molecular flexibility index (Phi) is 11.2. The summed E-state index contributed by atoms with van der Waals surface area (Å²) in [6.45, 7) is 21.2. The molecule has 0 radical (unpaired) electrons. The highest BCUT2D eigenvalue weighted by Gasteiger charge is 2.28. The van der Waals surface area contributed by atoms with Crippen LogP contribution in [0.3, 0.4) is 0 Å². The molecule has 0 fully saturated rings. The summed E-state index contributed by atoms with van der Waals surface area (Å²) in [6.07, 6.45) is 16.1. The first-order chi connectivity index (χ1) is 20.4. The van der Waals surface area contributed by atoms with Crippen molar-refractivity contribution in [2.45, 2.75) is 88.5 Å². The van der Waals surface area contributed by atoms with Gasteiger partial charge in [-0.2, -0.15) is 0 Å². The van der Waals surface area contributed by atoms with Crippen LogP contribution in [0, 0.1) is 26.2 Å². The number of terminal acetylenes is 1. The molecule has 0 bridgehead atoms. The molecular formula is C43H50. The van der Waals surface area contributed by atoms with Crippen molar-refractivity contribution in [1.82, 2.24) is 0 Å². The molecule has 222 valence electrons. The molecule has 4 aromatic rings. The van der Waals surface area contributed by atoms with Crippen molar-refractivity contribution in [3.8, 4) is 34.6 Å². The summed E-state index contributed by atoms with van der Waals surface area (Å²) in [4.78, 5) is 0. The van der Waals surface area contributed by atoms with E-state index in [2.05, 4.69) is 120 Å². The van der Waals surface area contributed by atoms with Gasteiger partial charge in [0, 0.05) is 0 Å². The molecule has 0 aliphatic heterocycles. The fourth-order valence-corrected chi connectivity index (χ4v) is 6.83. The molecule has 4 aromatic carbocycles. The van der Waals surface area contributed by atoms with E-state index in [4.69, 9.17) is 0 Å². The van der Waals surface area contributed by atoms with Gasteiger partial charge in [-0.1, -0.05) is 95.0 Å². The Morgan fingerprint density at radius 1 is 0.907 bits per heavy atom. The second-order valence-electron chi connectivity index (χ2n) is 11.1. The summed E-state index contributed by atoms with van der Waals surface area (Å²) >= 11 is 0. The molecule has 0 aromatic heterocycles. The largest absolute Gasteiger partial charge is 0.120 e. The van der Waals surface area contributed by atoms with Crippen LogP contribution in [0.1, 0.15) is 90.5 Å². The standard InChI is InChI=1S/C28H22.C9H14.C3H4.C2H6.CH4/c1-5-19-15(2)12-24-16(3)22-13-25-20-10-6-8-18-9-7-11-21(28(18)20)26(25)14-23(22)17(4)27(19)24;1-3-9-7-5-4-6-8(9)2;1-3-2;1-2;/h5-11,13-14H,2,12H2,1,3-4H3;5,7H,3-4,6H2,1-2H3;1H,2H3;1-2H3;1H4/b19-5+;;;;. The molecule has 0 spiro atoms. The molecule has 0 atom stereocenters. The van der Waals surface area contributed by atoms with Crippen molar-refractivity contribution >= 4 is 27.1 Å². The maximum absolute atomic E-state index is 4.60. The van der Waals surface area contributed by atoms with E-state index in [1.807, 2.05) is 13.8 Å². The minimum absolute atomic E-state index is 0. The van der Waals surface area contributed by atoms with E-state index in [0.717, 1.165) is 6.42 Å². The van der Waals surface area contributed by atoms with Gasteiger partial charge < -0.3 is 0 Å². The predicted octanol–water partition coefficient (Wildman–Crippen LogP) is 13.1. The number of hydrogen-bond donors (Lipinski definition) is 0. The molecule has 3 aliphatic rings. The number of hydrogen-bond acceptors (Lipinski definition) is 0. The van der Waals surface area contributed by atoms with Gasteiger partial charge in [-0.05, 0) is 155 Å². The van der Waals surface area contributed by atoms with E-state index >= 15 is 0 Å². The first kappa shape index (κ1) is 33.4. The van der Waals surface area contributed by atoms with Crippen LogP contribution in [0.5, 0.6) is 0 Å². The monoisotopic (exact) mass is 566 g/mol. The molecule has 7 rings (SSSR count). The molecule has 0 nitrogen and oxygen atoms in total. The van der Waals surface area contributed by atoms with E-state index < -0.39 is 0 Å². The van der Waals surface area contributed by atoms with Gasteiger partial charge in [0.05, 0.1) is 0 Å². The van der Waals surface area contributed by atoms with Crippen molar-refractivity contribution in [1.29, 1.82) is 0 Å². The SMILES string of the molecule is C.C#CC.C=C1Cc2c(c(C)c3cc4c(cc3c2C)-c2cccc3cccc-4c23)/C1=C/C.CC.CCC1=C(C)CCC=C1. The lowest BCUT2D eigenvalue weighted by Crippen LogP contribution is -1.95. The number of aryl methyl sites for hydroxylation is 2. The summed E-state index contributed by atoms with van der Waals surface area (Å²) in [5.41, 5.74) is 16.9. The zero-order valence-electron chi connectivity index (χ0n) is 27.0. The van der Waals surface area contributed by atoms with Crippen LogP contribution in [-0.4, -0.2) is 0 Å². The lowest BCUT2D eigenvalue weighted by molar-refractivity contribution is 0.913. The minimum atomic E-state index is 0. The third kappa shape index (κ3) is 5.92. The van der Waals surface area contributed by atoms with E-state index in [9.17, 15) is 0 Å². The van der Waals surface area contributed by atoms with Gasteiger partial charge in [-0.15, -0.1) is 12.3 Å². The lowest BCUT2D eigenvalue weighted by Gasteiger charge is -2.16. The summed E-state index contributed by atoms with van der Waals surface area (Å²) < 4.78 is 0. The number of rotatable bonds is 1. The van der Waals surface area contributed by atoms with Gasteiger partial charge in [-0.25, -0.2) is 0 Å². The Morgan fingerprint density at radius 3 is 1.95 bits per heavy atom. The summed E-state index contributed by atoms with van der Waals surface area (Å²) in [7, 11) is 0. The average molecular weight is 567 g/mol. The molecule has 0 amide bonds. The fourth-order valence-electron chi connectivity index (χ4n) is 6.83. The first-order valence-corrected chi connectivity index (χ1v) is 15.6. The highest BCUT2D eigenvalue weighted by Crippen LogP contribution is 2.51. The van der Waals surface area contributed by atoms with Gasteiger partial charge in [0.1, 0.15) is 0 Å². The highest BCUT2D eigenvalue weighted by atomic mass is 14.3. The molecule has 0 heterocycles. The second-order valence-corrected chi connectivity index (χ2v) is 11.1. The molecular weight excluding hydrogens is 516 g/mol. The van der Waals surface area contributed by atoms with E-state index in [1.54, 1.807) is 18.1 Å². The van der Waals surface area contributed by atoms with Crippen LogP contribution in [0.25, 0.3) is 49.4 Å². The first-order valence-electron chi connectivity index (χ1n) is 15.6. The number of benzene rings is 4. The smallest absolute Gasteiger partial charge is 0.00165 e. The van der Waals surface area contributed by atoms with Crippen molar-refractivity contribution in [3.63, 3.8) is 0 Å². The van der Waals surface area contributed by atoms with Crippen molar-refractivity contribution in [3.05, 3.63) is 112 Å². The quantitative estimate of drug-likeness (QED) is 0.177. The van der Waals surface area contributed by atoms with Crippen molar-refractivity contribution in [2.24, 2.45) is 0 Å². The maximum atomic E-state index is 4.60. The number of allylic oxidation sites excluding steroid dienone is 7. The van der Waals surface area contributed by atoms with E-state index in [-0.39, 0.29) is 7.43 Å². The van der Waals surface area contributed by atoms with Crippen LogP contribution >= 0.6 is 0 Å². The van der Waals surface area contributed by atoms with Gasteiger partial charge in [0.25, 0.3) is 0 Å². The topological polar surface area (TPSA) is 0 Å². The van der Waals surface area contributed by atoms with Crippen LogP contribution < -0.4 is 0 Å². The van der Waals surface area contributed by atoms with E-state index in [1.165, 1.54) is 96.5 Å². The Morgan fingerprint density at radius 2 is 1.47 bits per heavy atom. The molecule has 0 heteroatoms. The Bertz CT molecular complexity index is 1800. The van der Waals surface area contributed by atoms with E-state index in [0.29, 0.717) is 0 Å². The average Bonchev–Trinajstić information content (AvgIpc) is 3.53. The summed E-state index contributed by atoms with van der Waals surface area (Å²) in [6, 6.07) is 18.3. The van der Waals surface area contributed by atoms with Crippen LogP contribution in [-0.2, 0) is 6.42 Å². The highest BCUT2D eigenvalue weighted by molar-refractivity contribution is 6.18. The fraction of sp³-hybridized carbons (Fsp3) is 0.302. The van der Waals surface area contributed by atoms with Crippen LogP contribution in [0.2, 0.25) is 0 Å². The van der Waals surface area contributed by atoms with Crippen LogP contribution in [0.15, 0.2) is 90.1 Å². The molecule has 3 aliphatic carbocycles. The zero-order valence-corrected chi connectivity index (χ0v) is 27.0. The van der Waals surface area contributed by atoms with Gasteiger partial charge in [-0.3, -0.25) is 0 Å². The van der Waals surface area contributed by atoms with Gasteiger partial charge in [0.2, 0.25) is 0 Å². The third-order valence-corrected chi connectivity index (χ3v) is 8.84.